The van der Waals surface area contributed by atoms with Crippen molar-refractivity contribution >= 4 is 23.2 Å². The van der Waals surface area contributed by atoms with Gasteiger partial charge in [-0.2, -0.15) is 0 Å². The summed E-state index contributed by atoms with van der Waals surface area (Å²) in [4.78, 5) is 26.6. The summed E-state index contributed by atoms with van der Waals surface area (Å²) in [6.45, 7) is 2.31. The fourth-order valence-corrected chi connectivity index (χ4v) is 2.68. The first-order valence-corrected chi connectivity index (χ1v) is 7.49. The van der Waals surface area contributed by atoms with Gasteiger partial charge in [0.25, 0.3) is 0 Å². The molecule has 0 aliphatic rings. The van der Waals surface area contributed by atoms with Gasteiger partial charge in [-0.15, -0.1) is 11.3 Å². The maximum atomic E-state index is 11.9. The van der Waals surface area contributed by atoms with Crippen LogP contribution in [0.1, 0.15) is 33.5 Å². The summed E-state index contributed by atoms with van der Waals surface area (Å²) < 4.78 is 0. The van der Waals surface area contributed by atoms with E-state index in [4.69, 9.17) is 5.11 Å². The van der Waals surface area contributed by atoms with Crippen molar-refractivity contribution < 1.29 is 14.7 Å². The molecule has 0 aliphatic heterocycles. The van der Waals surface area contributed by atoms with E-state index in [9.17, 15) is 9.59 Å². The van der Waals surface area contributed by atoms with Crippen LogP contribution in [0.4, 0.5) is 0 Å². The minimum absolute atomic E-state index is 0.0144. The number of amides is 1. The summed E-state index contributed by atoms with van der Waals surface area (Å²) in [7, 11) is 0. The van der Waals surface area contributed by atoms with E-state index in [2.05, 4.69) is 17.2 Å². The fraction of sp³-hybridized carbons (Fsp3) is 0.267. The molecule has 0 radical (unpaired) electrons. The summed E-state index contributed by atoms with van der Waals surface area (Å²) in [5, 5.41) is 13.6. The zero-order chi connectivity index (χ0) is 15.2. The van der Waals surface area contributed by atoms with E-state index in [1.807, 2.05) is 24.3 Å². The van der Waals surface area contributed by atoms with Crippen molar-refractivity contribution in [2.24, 2.45) is 0 Å². The number of carboxylic acids is 1. The van der Waals surface area contributed by atoms with Gasteiger partial charge in [-0.05, 0) is 17.5 Å². The van der Waals surface area contributed by atoms with Gasteiger partial charge in [0.1, 0.15) is 5.01 Å². The number of aromatic nitrogens is 1. The van der Waals surface area contributed by atoms with Crippen LogP contribution in [-0.2, 0) is 24.2 Å². The van der Waals surface area contributed by atoms with Gasteiger partial charge in [-0.25, -0.2) is 9.78 Å². The molecule has 5 nitrogen and oxygen atoms in total. The van der Waals surface area contributed by atoms with Gasteiger partial charge >= 0.3 is 5.97 Å². The van der Waals surface area contributed by atoms with Crippen molar-refractivity contribution in [1.29, 1.82) is 0 Å². The van der Waals surface area contributed by atoms with Crippen molar-refractivity contribution in [2.75, 3.05) is 0 Å². The lowest BCUT2D eigenvalue weighted by atomic mass is 10.0. The third-order valence-corrected chi connectivity index (χ3v) is 3.91. The van der Waals surface area contributed by atoms with Crippen molar-refractivity contribution in [3.05, 3.63) is 51.5 Å². The van der Waals surface area contributed by atoms with Crippen molar-refractivity contribution in [2.45, 2.75) is 26.3 Å². The highest BCUT2D eigenvalue weighted by atomic mass is 32.1. The zero-order valence-corrected chi connectivity index (χ0v) is 12.4. The minimum Gasteiger partial charge on any atom is -0.476 e. The average molecular weight is 304 g/mol. The summed E-state index contributed by atoms with van der Waals surface area (Å²) in [5.41, 5.74) is 2.19. The number of hydrogen-bond acceptors (Lipinski definition) is 4. The maximum Gasteiger partial charge on any atom is 0.355 e. The molecule has 0 atom stereocenters. The van der Waals surface area contributed by atoms with Crippen LogP contribution >= 0.6 is 11.3 Å². The average Bonchev–Trinajstić information content (AvgIpc) is 2.95. The van der Waals surface area contributed by atoms with Gasteiger partial charge in [0.05, 0.1) is 13.0 Å². The third kappa shape index (κ3) is 4.13. The molecule has 1 heterocycles. The highest BCUT2D eigenvalue weighted by Gasteiger charge is 2.10. The van der Waals surface area contributed by atoms with Gasteiger partial charge in [-0.1, -0.05) is 31.2 Å². The first-order valence-electron chi connectivity index (χ1n) is 6.61. The molecule has 110 valence electrons. The van der Waals surface area contributed by atoms with Crippen LogP contribution in [0.25, 0.3) is 0 Å². The normalized spacial score (nSPS) is 10.3. The monoisotopic (exact) mass is 304 g/mol. The van der Waals surface area contributed by atoms with Gasteiger partial charge in [0, 0.05) is 5.38 Å². The molecule has 0 aliphatic carbocycles. The van der Waals surface area contributed by atoms with Gasteiger partial charge in [0.15, 0.2) is 5.69 Å². The fourth-order valence-electron chi connectivity index (χ4n) is 1.97. The van der Waals surface area contributed by atoms with E-state index in [0.717, 1.165) is 17.5 Å². The van der Waals surface area contributed by atoms with Crippen LogP contribution in [0.5, 0.6) is 0 Å². The first kappa shape index (κ1) is 15.2. The highest BCUT2D eigenvalue weighted by Crippen LogP contribution is 2.11. The molecule has 1 aromatic heterocycles. The van der Waals surface area contributed by atoms with E-state index >= 15 is 0 Å². The number of benzene rings is 1. The van der Waals surface area contributed by atoms with E-state index in [1.54, 1.807) is 0 Å². The Morgan fingerprint density at radius 1 is 1.29 bits per heavy atom. The second-order valence-electron chi connectivity index (χ2n) is 4.51. The number of carbonyl (C=O) groups excluding carboxylic acids is 1. The maximum absolute atomic E-state index is 11.9. The molecule has 2 aromatic rings. The molecule has 2 N–H and O–H groups in total. The van der Waals surface area contributed by atoms with Crippen molar-refractivity contribution in [3.8, 4) is 0 Å². The van der Waals surface area contributed by atoms with Gasteiger partial charge in [-0.3, -0.25) is 4.79 Å². The summed E-state index contributed by atoms with van der Waals surface area (Å²) in [6, 6.07) is 7.85. The Hall–Kier alpha value is -2.21. The van der Waals surface area contributed by atoms with Crippen molar-refractivity contribution in [3.63, 3.8) is 0 Å². The highest BCUT2D eigenvalue weighted by molar-refractivity contribution is 7.09. The predicted molar refractivity (Wildman–Crippen MR) is 80.4 cm³/mol. The molecule has 2 rings (SSSR count). The molecule has 0 saturated heterocycles. The number of nitrogens with zero attached hydrogens (tertiary/aromatic N) is 1. The van der Waals surface area contributed by atoms with Crippen molar-refractivity contribution in [1.82, 2.24) is 10.3 Å². The van der Waals surface area contributed by atoms with E-state index in [1.165, 1.54) is 16.7 Å². The Morgan fingerprint density at radius 3 is 2.62 bits per heavy atom. The standard InChI is InChI=1S/C15H16N2O3S/c1-2-10-5-3-4-6-11(10)7-13(18)16-8-14-17-12(9-21-14)15(19)20/h3-6,9H,2,7-8H2,1H3,(H,16,18)(H,19,20). The summed E-state index contributed by atoms with van der Waals surface area (Å²) in [6.07, 6.45) is 1.21. The lowest BCUT2D eigenvalue weighted by Crippen LogP contribution is -2.25. The van der Waals surface area contributed by atoms with Crippen LogP contribution in [0.15, 0.2) is 29.6 Å². The largest absolute Gasteiger partial charge is 0.476 e. The second-order valence-corrected chi connectivity index (χ2v) is 5.45. The number of aryl methyl sites for hydroxylation is 1. The van der Waals surface area contributed by atoms with Crippen LogP contribution < -0.4 is 5.32 Å². The number of hydrogen-bond donors (Lipinski definition) is 2. The predicted octanol–water partition coefficient (Wildman–Crippen LogP) is 2.26. The van der Waals surface area contributed by atoms with Crippen LogP contribution in [0, 0.1) is 0 Å². The molecule has 6 heteroatoms. The Kier molecular flexibility index (Phi) is 5.05. The Bertz CT molecular complexity index is 652. The Labute approximate surface area is 126 Å². The molecule has 0 saturated carbocycles. The first-order chi connectivity index (χ1) is 10.1. The van der Waals surface area contributed by atoms with E-state index in [0.29, 0.717) is 11.4 Å². The molecule has 0 fully saturated rings. The molecular formula is C15H16N2O3S. The lowest BCUT2D eigenvalue weighted by Gasteiger charge is -2.07. The SMILES string of the molecule is CCc1ccccc1CC(=O)NCc1nc(C(=O)O)cs1. The molecule has 21 heavy (non-hydrogen) atoms. The lowest BCUT2D eigenvalue weighted by molar-refractivity contribution is -0.120. The number of carbonyl (C=O) groups is 2. The molecule has 0 bridgehead atoms. The van der Waals surface area contributed by atoms with E-state index < -0.39 is 5.97 Å². The van der Waals surface area contributed by atoms with E-state index in [-0.39, 0.29) is 18.1 Å². The Balaban J connectivity index is 1.91. The second kappa shape index (κ2) is 6.99. The molecule has 0 spiro atoms. The van der Waals surface area contributed by atoms with Gasteiger partial charge < -0.3 is 10.4 Å². The van der Waals surface area contributed by atoms with Crippen LogP contribution in [0.3, 0.4) is 0 Å². The quantitative estimate of drug-likeness (QED) is 0.858. The summed E-state index contributed by atoms with van der Waals surface area (Å²) in [5.74, 6) is -1.15. The summed E-state index contributed by atoms with van der Waals surface area (Å²) >= 11 is 1.23. The minimum atomic E-state index is -1.05. The number of aromatic carboxylic acids is 1. The Morgan fingerprint density at radius 2 is 2.00 bits per heavy atom. The zero-order valence-electron chi connectivity index (χ0n) is 11.6. The van der Waals surface area contributed by atoms with Gasteiger partial charge in [0.2, 0.25) is 5.91 Å². The number of thiazole rings is 1. The molecule has 1 aromatic carbocycles. The number of rotatable bonds is 6. The molecule has 1 amide bonds. The molecular weight excluding hydrogens is 288 g/mol. The number of carboxylic acid groups (broad SMARTS) is 1. The number of nitrogens with one attached hydrogen (secondary N) is 1. The third-order valence-electron chi connectivity index (χ3n) is 3.06. The topological polar surface area (TPSA) is 79.3 Å². The smallest absolute Gasteiger partial charge is 0.355 e. The van der Waals surface area contributed by atoms with Crippen LogP contribution in [-0.4, -0.2) is 22.0 Å². The van der Waals surface area contributed by atoms with Crippen LogP contribution in [0.2, 0.25) is 0 Å². The molecule has 0 unspecified atom stereocenters.